The van der Waals surface area contributed by atoms with Crippen LogP contribution in [-0.4, -0.2) is 11.5 Å². The number of aromatic amines is 1. The molecule has 1 aromatic rings. The molecule has 1 aromatic heterocycles. The quantitative estimate of drug-likeness (QED) is 0.648. The third kappa shape index (κ3) is 1.46. The summed E-state index contributed by atoms with van der Waals surface area (Å²) < 4.78 is 0. The first-order chi connectivity index (χ1) is 4.74. The SMILES string of the molecule is Cc1[nH]c(=O)sc1CCN. The van der Waals surface area contributed by atoms with Gasteiger partial charge in [0.05, 0.1) is 0 Å². The molecular weight excluding hydrogens is 148 g/mol. The molecule has 3 nitrogen and oxygen atoms in total. The standard InChI is InChI=1S/C6H10N2OS/c1-4-5(2-3-7)10-6(9)8-4/h2-3,7H2,1H3,(H,8,9). The molecule has 0 unspecified atom stereocenters. The van der Waals surface area contributed by atoms with Gasteiger partial charge in [0, 0.05) is 10.6 Å². The molecule has 0 aliphatic heterocycles. The molecule has 0 radical (unpaired) electrons. The van der Waals surface area contributed by atoms with Gasteiger partial charge in [-0.15, -0.1) is 0 Å². The van der Waals surface area contributed by atoms with E-state index in [1.165, 1.54) is 11.3 Å². The Morgan fingerprint density at radius 2 is 2.40 bits per heavy atom. The van der Waals surface area contributed by atoms with Crippen molar-refractivity contribution in [1.29, 1.82) is 0 Å². The number of thiazole rings is 1. The molecule has 3 N–H and O–H groups in total. The Morgan fingerprint density at radius 3 is 2.80 bits per heavy atom. The van der Waals surface area contributed by atoms with Crippen molar-refractivity contribution < 1.29 is 0 Å². The van der Waals surface area contributed by atoms with Gasteiger partial charge >= 0.3 is 4.87 Å². The fourth-order valence-electron chi connectivity index (χ4n) is 0.806. The van der Waals surface area contributed by atoms with Gasteiger partial charge in [0.2, 0.25) is 0 Å². The van der Waals surface area contributed by atoms with Gasteiger partial charge in [-0.3, -0.25) is 4.79 Å². The van der Waals surface area contributed by atoms with E-state index in [0.29, 0.717) is 6.54 Å². The highest BCUT2D eigenvalue weighted by atomic mass is 32.1. The summed E-state index contributed by atoms with van der Waals surface area (Å²) in [7, 11) is 0. The van der Waals surface area contributed by atoms with E-state index >= 15 is 0 Å². The molecule has 0 spiro atoms. The molecular formula is C6H10N2OS. The second kappa shape index (κ2) is 2.98. The lowest BCUT2D eigenvalue weighted by molar-refractivity contribution is 0.969. The molecule has 0 saturated heterocycles. The summed E-state index contributed by atoms with van der Waals surface area (Å²) in [6.07, 6.45) is 0.801. The minimum absolute atomic E-state index is 0.0148. The van der Waals surface area contributed by atoms with E-state index in [-0.39, 0.29) is 4.87 Å². The van der Waals surface area contributed by atoms with E-state index in [1.807, 2.05) is 6.92 Å². The van der Waals surface area contributed by atoms with E-state index in [2.05, 4.69) is 4.98 Å². The maximum atomic E-state index is 10.7. The molecule has 10 heavy (non-hydrogen) atoms. The lowest BCUT2D eigenvalue weighted by Gasteiger charge is -1.91. The molecule has 0 aliphatic carbocycles. The van der Waals surface area contributed by atoms with Crippen LogP contribution < -0.4 is 10.6 Å². The van der Waals surface area contributed by atoms with Gasteiger partial charge in [0.15, 0.2) is 0 Å². The zero-order valence-electron chi connectivity index (χ0n) is 5.81. The summed E-state index contributed by atoms with van der Waals surface area (Å²) in [4.78, 5) is 14.5. The first-order valence-corrected chi connectivity index (χ1v) is 3.94. The zero-order chi connectivity index (χ0) is 7.56. The minimum atomic E-state index is 0.0148. The van der Waals surface area contributed by atoms with Crippen LogP contribution in [0.1, 0.15) is 10.6 Å². The third-order valence-electron chi connectivity index (χ3n) is 1.30. The van der Waals surface area contributed by atoms with Gasteiger partial charge < -0.3 is 10.7 Å². The maximum absolute atomic E-state index is 10.7. The third-order valence-corrected chi connectivity index (χ3v) is 2.34. The first kappa shape index (κ1) is 7.50. The Hall–Kier alpha value is -0.610. The number of aromatic nitrogens is 1. The zero-order valence-corrected chi connectivity index (χ0v) is 6.62. The van der Waals surface area contributed by atoms with E-state index in [1.54, 1.807) is 0 Å². The highest BCUT2D eigenvalue weighted by molar-refractivity contribution is 7.09. The Bertz CT molecular complexity index is 263. The molecule has 0 atom stereocenters. The molecule has 1 rings (SSSR count). The van der Waals surface area contributed by atoms with Crippen LogP contribution in [0.25, 0.3) is 0 Å². The number of H-pyrrole nitrogens is 1. The van der Waals surface area contributed by atoms with Crippen molar-refractivity contribution in [1.82, 2.24) is 4.98 Å². The number of nitrogens with one attached hydrogen (secondary N) is 1. The number of nitrogens with two attached hydrogens (primary N) is 1. The van der Waals surface area contributed by atoms with Crippen LogP contribution >= 0.6 is 11.3 Å². The van der Waals surface area contributed by atoms with Gasteiger partial charge in [-0.25, -0.2) is 0 Å². The minimum Gasteiger partial charge on any atom is -0.330 e. The summed E-state index contributed by atoms with van der Waals surface area (Å²) >= 11 is 1.25. The predicted molar refractivity (Wildman–Crippen MR) is 42.4 cm³/mol. The molecule has 0 saturated carbocycles. The fraction of sp³-hybridized carbons (Fsp3) is 0.500. The average molecular weight is 158 g/mol. The summed E-state index contributed by atoms with van der Waals surface area (Å²) in [6, 6.07) is 0. The van der Waals surface area contributed by atoms with Gasteiger partial charge in [-0.1, -0.05) is 11.3 Å². The van der Waals surface area contributed by atoms with E-state index in [9.17, 15) is 4.79 Å². The fourth-order valence-corrected chi connectivity index (χ4v) is 1.66. The first-order valence-electron chi connectivity index (χ1n) is 3.12. The second-order valence-corrected chi connectivity index (χ2v) is 3.17. The van der Waals surface area contributed by atoms with Crippen molar-refractivity contribution in [2.75, 3.05) is 6.54 Å². The molecule has 0 aromatic carbocycles. The van der Waals surface area contributed by atoms with Crippen molar-refractivity contribution >= 4 is 11.3 Å². The highest BCUT2D eigenvalue weighted by Gasteiger charge is 2.00. The Kier molecular flexibility index (Phi) is 2.24. The van der Waals surface area contributed by atoms with E-state index in [0.717, 1.165) is 17.0 Å². The number of rotatable bonds is 2. The molecule has 1 heterocycles. The van der Waals surface area contributed by atoms with Crippen molar-refractivity contribution in [3.8, 4) is 0 Å². The summed E-state index contributed by atoms with van der Waals surface area (Å²) in [5.41, 5.74) is 6.29. The molecule has 4 heteroatoms. The van der Waals surface area contributed by atoms with Crippen molar-refractivity contribution in [3.63, 3.8) is 0 Å². The second-order valence-electron chi connectivity index (χ2n) is 2.10. The van der Waals surface area contributed by atoms with Crippen molar-refractivity contribution in [2.45, 2.75) is 13.3 Å². The van der Waals surface area contributed by atoms with Crippen molar-refractivity contribution in [3.05, 3.63) is 20.2 Å². The van der Waals surface area contributed by atoms with E-state index in [4.69, 9.17) is 5.73 Å². The van der Waals surface area contributed by atoms with Crippen LogP contribution in [0.15, 0.2) is 4.79 Å². The maximum Gasteiger partial charge on any atom is 0.304 e. The van der Waals surface area contributed by atoms with Gasteiger partial charge in [-0.2, -0.15) is 0 Å². The molecule has 0 bridgehead atoms. The van der Waals surface area contributed by atoms with Crippen LogP contribution in [0.2, 0.25) is 0 Å². The number of hydrogen-bond donors (Lipinski definition) is 2. The summed E-state index contributed by atoms with van der Waals surface area (Å²) in [5, 5.41) is 0. The largest absolute Gasteiger partial charge is 0.330 e. The average Bonchev–Trinajstić information content (AvgIpc) is 2.13. The molecule has 0 amide bonds. The van der Waals surface area contributed by atoms with Crippen LogP contribution in [-0.2, 0) is 6.42 Å². The van der Waals surface area contributed by atoms with Crippen LogP contribution in [0, 0.1) is 6.92 Å². The van der Waals surface area contributed by atoms with E-state index < -0.39 is 0 Å². The molecule has 56 valence electrons. The predicted octanol–water partition coefficient (Wildman–Crippen LogP) is 0.246. The Labute approximate surface area is 62.9 Å². The highest BCUT2D eigenvalue weighted by Crippen LogP contribution is 2.06. The molecule has 0 fully saturated rings. The van der Waals surface area contributed by atoms with Crippen LogP contribution in [0.4, 0.5) is 0 Å². The van der Waals surface area contributed by atoms with Gasteiger partial charge in [0.1, 0.15) is 0 Å². The smallest absolute Gasteiger partial charge is 0.304 e. The Balaban J connectivity index is 2.92. The van der Waals surface area contributed by atoms with Crippen LogP contribution in [0.3, 0.4) is 0 Å². The number of hydrogen-bond acceptors (Lipinski definition) is 3. The van der Waals surface area contributed by atoms with Crippen molar-refractivity contribution in [2.24, 2.45) is 5.73 Å². The van der Waals surface area contributed by atoms with Gasteiger partial charge in [0.25, 0.3) is 0 Å². The number of aryl methyl sites for hydroxylation is 1. The summed E-state index contributed by atoms with van der Waals surface area (Å²) in [6.45, 7) is 2.50. The lowest BCUT2D eigenvalue weighted by Crippen LogP contribution is -2.01. The Morgan fingerprint density at radius 1 is 1.70 bits per heavy atom. The van der Waals surface area contributed by atoms with Gasteiger partial charge in [-0.05, 0) is 19.9 Å². The van der Waals surface area contributed by atoms with Crippen LogP contribution in [0.5, 0.6) is 0 Å². The lowest BCUT2D eigenvalue weighted by atomic mass is 10.3. The normalized spacial score (nSPS) is 10.2. The summed E-state index contributed by atoms with van der Waals surface area (Å²) in [5.74, 6) is 0. The topological polar surface area (TPSA) is 58.9 Å². The monoisotopic (exact) mass is 158 g/mol. The molecule has 0 aliphatic rings.